The fraction of sp³-hybridized carbons (Fsp3) is 0.500. The number of allylic oxidation sites excluding steroid dienone is 1. The Kier molecular flexibility index (Phi) is 1.66. The number of aliphatic imine (C=N–C) groups is 1. The normalized spacial score (nSPS) is 15.7. The smallest absolute Gasteiger partial charge is 0.213 e. The van der Waals surface area contributed by atoms with Gasteiger partial charge in [-0.2, -0.15) is 0 Å². The van der Waals surface area contributed by atoms with Gasteiger partial charge in [-0.15, -0.1) is 0 Å². The lowest BCUT2D eigenvalue weighted by atomic mass is 10.2. The number of nitrogens with zero attached hydrogens (tertiary/aromatic N) is 2. The second-order valence-corrected chi connectivity index (χ2v) is 2.08. The summed E-state index contributed by atoms with van der Waals surface area (Å²) in [5, 5.41) is 3.44. The predicted molar refractivity (Wildman–Crippen MR) is 35.4 cm³/mol. The van der Waals surface area contributed by atoms with Crippen LogP contribution in [0.4, 0.5) is 0 Å². The molecule has 1 heterocycles. The number of rotatable bonds is 1. The standard InChI is InChI=1S/C6H8N2O/c1-5(2)6-3-8-9-4-7-6/h4-5H,1-2H3. The van der Waals surface area contributed by atoms with E-state index in [1.165, 1.54) is 6.40 Å². The molecule has 0 bridgehead atoms. The molecule has 0 saturated heterocycles. The van der Waals surface area contributed by atoms with Crippen molar-refractivity contribution in [1.29, 1.82) is 0 Å². The van der Waals surface area contributed by atoms with Crippen LogP contribution < -0.4 is 0 Å². The highest BCUT2D eigenvalue weighted by Gasteiger charge is 2.01. The first kappa shape index (κ1) is 6.05. The van der Waals surface area contributed by atoms with Gasteiger partial charge in [0, 0.05) is 5.92 Å². The monoisotopic (exact) mass is 124 g/mol. The maximum absolute atomic E-state index is 4.45. The minimum Gasteiger partial charge on any atom is -0.336 e. The Labute approximate surface area is 53.7 Å². The van der Waals surface area contributed by atoms with E-state index in [0.717, 1.165) is 5.70 Å². The topological polar surface area (TPSA) is 34.0 Å². The molecule has 0 aromatic carbocycles. The van der Waals surface area contributed by atoms with Crippen LogP contribution in [0, 0.1) is 5.92 Å². The third-order valence-corrected chi connectivity index (χ3v) is 0.999. The van der Waals surface area contributed by atoms with E-state index in [1.807, 2.05) is 13.8 Å². The van der Waals surface area contributed by atoms with Gasteiger partial charge in [0.2, 0.25) is 6.40 Å². The molecule has 0 aromatic rings. The lowest BCUT2D eigenvalue weighted by Gasteiger charge is -2.01. The van der Waals surface area contributed by atoms with E-state index in [1.54, 1.807) is 0 Å². The second-order valence-electron chi connectivity index (χ2n) is 2.08. The fourth-order valence-electron chi connectivity index (χ4n) is 0.484. The second kappa shape index (κ2) is 2.46. The first-order valence-corrected chi connectivity index (χ1v) is 2.82. The Morgan fingerprint density at radius 2 is 2.44 bits per heavy atom. The van der Waals surface area contributed by atoms with E-state index in [4.69, 9.17) is 0 Å². The van der Waals surface area contributed by atoms with Gasteiger partial charge in [-0.25, -0.2) is 4.99 Å². The summed E-state index contributed by atoms with van der Waals surface area (Å²) in [5.74, 6) is 3.01. The largest absolute Gasteiger partial charge is 0.336 e. The van der Waals surface area contributed by atoms with Gasteiger partial charge in [0.05, 0.1) is 5.87 Å². The zero-order valence-electron chi connectivity index (χ0n) is 5.46. The summed E-state index contributed by atoms with van der Waals surface area (Å²) in [7, 11) is 0. The van der Waals surface area contributed by atoms with E-state index in [0.29, 0.717) is 5.92 Å². The van der Waals surface area contributed by atoms with Gasteiger partial charge in [-0.05, 0) is 5.16 Å². The molecule has 3 nitrogen and oxygen atoms in total. The van der Waals surface area contributed by atoms with Crippen molar-refractivity contribution >= 4 is 12.3 Å². The minimum atomic E-state index is 0.369. The Morgan fingerprint density at radius 1 is 1.67 bits per heavy atom. The van der Waals surface area contributed by atoms with Crippen molar-refractivity contribution in [3.8, 4) is 0 Å². The van der Waals surface area contributed by atoms with E-state index in [2.05, 4.69) is 20.9 Å². The van der Waals surface area contributed by atoms with E-state index >= 15 is 0 Å². The molecular formula is C6H8N2O. The van der Waals surface area contributed by atoms with Gasteiger partial charge >= 0.3 is 0 Å². The third kappa shape index (κ3) is 1.40. The quantitative estimate of drug-likeness (QED) is 0.516. The molecule has 0 spiro atoms. The van der Waals surface area contributed by atoms with Crippen LogP contribution in [0.15, 0.2) is 15.8 Å². The van der Waals surface area contributed by atoms with E-state index in [9.17, 15) is 0 Å². The summed E-state index contributed by atoms with van der Waals surface area (Å²) in [6.07, 6.45) is 1.31. The van der Waals surface area contributed by atoms with Gasteiger partial charge in [-0.1, -0.05) is 13.8 Å². The molecule has 1 aliphatic rings. The van der Waals surface area contributed by atoms with Crippen LogP contribution in [0.5, 0.6) is 0 Å². The van der Waals surface area contributed by atoms with Crippen LogP contribution in [-0.2, 0) is 4.84 Å². The predicted octanol–water partition coefficient (Wildman–Crippen LogP) is 1.17. The molecule has 0 saturated carbocycles. The Bertz CT molecular complexity index is 187. The molecular weight excluding hydrogens is 116 g/mol. The summed E-state index contributed by atoms with van der Waals surface area (Å²) in [6.45, 7) is 4.06. The number of hydrogen-bond donors (Lipinski definition) is 0. The molecule has 1 rings (SSSR count). The summed E-state index contributed by atoms with van der Waals surface area (Å²) in [5.41, 5.74) is 0.834. The summed E-state index contributed by atoms with van der Waals surface area (Å²) >= 11 is 0. The molecule has 0 aromatic heterocycles. The summed E-state index contributed by atoms with van der Waals surface area (Å²) in [6, 6.07) is 0. The van der Waals surface area contributed by atoms with Crippen molar-refractivity contribution in [3.63, 3.8) is 0 Å². The molecule has 1 aliphatic heterocycles. The van der Waals surface area contributed by atoms with Gasteiger partial charge in [-0.3, -0.25) is 0 Å². The summed E-state index contributed by atoms with van der Waals surface area (Å²) in [4.78, 5) is 8.34. The first-order chi connectivity index (χ1) is 4.30. The van der Waals surface area contributed by atoms with Crippen molar-refractivity contribution in [3.05, 3.63) is 5.70 Å². The molecule has 0 aliphatic carbocycles. The molecule has 0 unspecified atom stereocenters. The molecule has 0 N–H and O–H groups in total. The highest BCUT2D eigenvalue weighted by Crippen LogP contribution is 2.07. The zero-order chi connectivity index (χ0) is 6.69. The van der Waals surface area contributed by atoms with Crippen LogP contribution in [0.2, 0.25) is 0 Å². The van der Waals surface area contributed by atoms with E-state index < -0.39 is 0 Å². The van der Waals surface area contributed by atoms with Crippen molar-refractivity contribution in [2.75, 3.05) is 0 Å². The fourth-order valence-corrected chi connectivity index (χ4v) is 0.484. The highest BCUT2D eigenvalue weighted by molar-refractivity contribution is 5.65. The van der Waals surface area contributed by atoms with Crippen molar-refractivity contribution < 1.29 is 4.84 Å². The molecule has 48 valence electrons. The van der Waals surface area contributed by atoms with Crippen LogP contribution >= 0.6 is 0 Å². The average molecular weight is 124 g/mol. The minimum absolute atomic E-state index is 0.369. The zero-order valence-corrected chi connectivity index (χ0v) is 5.46. The molecule has 0 atom stereocenters. The SMILES string of the molecule is CC(C)C1=C=NOC=N1. The molecule has 0 fully saturated rings. The highest BCUT2D eigenvalue weighted by atomic mass is 16.6. The third-order valence-electron chi connectivity index (χ3n) is 0.999. The number of hydrogen-bond acceptors (Lipinski definition) is 3. The molecule has 9 heavy (non-hydrogen) atoms. The average Bonchev–Trinajstić information content (AvgIpc) is 1.90. The molecule has 3 heteroatoms. The Hall–Kier alpha value is -1.08. The van der Waals surface area contributed by atoms with Crippen LogP contribution in [-0.4, -0.2) is 12.3 Å². The maximum Gasteiger partial charge on any atom is 0.213 e. The van der Waals surface area contributed by atoms with Gasteiger partial charge in [0.25, 0.3) is 0 Å². The van der Waals surface area contributed by atoms with Crippen LogP contribution in [0.1, 0.15) is 13.8 Å². The Balaban J connectivity index is 2.79. The van der Waals surface area contributed by atoms with Gasteiger partial charge < -0.3 is 4.84 Å². The lowest BCUT2D eigenvalue weighted by molar-refractivity contribution is 0.344. The lowest BCUT2D eigenvalue weighted by Crippen LogP contribution is -1.96. The van der Waals surface area contributed by atoms with Crippen molar-refractivity contribution in [2.45, 2.75) is 13.8 Å². The van der Waals surface area contributed by atoms with Crippen molar-refractivity contribution in [2.24, 2.45) is 16.1 Å². The van der Waals surface area contributed by atoms with Crippen molar-refractivity contribution in [1.82, 2.24) is 0 Å². The Morgan fingerprint density at radius 3 is 2.78 bits per heavy atom. The van der Waals surface area contributed by atoms with Gasteiger partial charge in [0.15, 0.2) is 0 Å². The van der Waals surface area contributed by atoms with Crippen LogP contribution in [0.3, 0.4) is 0 Å². The van der Waals surface area contributed by atoms with E-state index in [-0.39, 0.29) is 0 Å². The molecule has 0 radical (unpaired) electrons. The van der Waals surface area contributed by atoms with Gasteiger partial charge in [0.1, 0.15) is 5.70 Å². The van der Waals surface area contributed by atoms with Crippen LogP contribution in [0.25, 0.3) is 0 Å². The summed E-state index contributed by atoms with van der Waals surface area (Å²) < 4.78 is 0. The molecule has 0 amide bonds. The first-order valence-electron chi connectivity index (χ1n) is 2.82. The maximum atomic E-state index is 4.45.